The van der Waals surface area contributed by atoms with Crippen molar-refractivity contribution in [2.45, 2.75) is 43.4 Å². The van der Waals surface area contributed by atoms with Gasteiger partial charge in [0.25, 0.3) is 5.69 Å². The van der Waals surface area contributed by atoms with E-state index in [4.69, 9.17) is 11.6 Å². The minimum Gasteiger partial charge on any atom is -0.872 e. The Morgan fingerprint density at radius 2 is 2.00 bits per heavy atom. The topological polar surface area (TPSA) is 78.6 Å². The number of hydrogen-bond donors (Lipinski definition) is 0. The van der Waals surface area contributed by atoms with Crippen molar-refractivity contribution in [3.8, 4) is 5.75 Å². The number of non-ortho nitro benzene ring substituents is 1. The van der Waals surface area contributed by atoms with Crippen molar-refractivity contribution in [1.82, 2.24) is 0 Å². The summed E-state index contributed by atoms with van der Waals surface area (Å²) < 4.78 is 0. The molecule has 4 aliphatic rings. The van der Waals surface area contributed by atoms with E-state index in [-0.39, 0.29) is 27.3 Å². The molecule has 5 nitrogen and oxygen atoms in total. The minimum absolute atomic E-state index is 0.0468. The number of benzene rings is 1. The van der Waals surface area contributed by atoms with Gasteiger partial charge in [0.1, 0.15) is 0 Å². The first-order chi connectivity index (χ1) is 11.4. The molecule has 6 heteroatoms. The molecule has 1 aromatic rings. The highest BCUT2D eigenvalue weighted by atomic mass is 35.5. The lowest BCUT2D eigenvalue weighted by molar-refractivity contribution is -0.385. The van der Waals surface area contributed by atoms with Crippen LogP contribution >= 0.6 is 11.6 Å². The Balaban J connectivity index is 1.52. The van der Waals surface area contributed by atoms with Crippen LogP contribution in [0.1, 0.15) is 44.1 Å². The molecular weight excluding hydrogens is 328 g/mol. The van der Waals surface area contributed by atoms with Crippen molar-refractivity contribution in [3.63, 3.8) is 0 Å². The molecule has 0 aliphatic heterocycles. The van der Waals surface area contributed by atoms with Crippen molar-refractivity contribution in [3.05, 3.63) is 33.9 Å². The van der Waals surface area contributed by atoms with Gasteiger partial charge in [-0.25, -0.2) is 0 Å². The first-order valence-corrected chi connectivity index (χ1v) is 8.89. The molecule has 128 valence electrons. The summed E-state index contributed by atoms with van der Waals surface area (Å²) >= 11 is 6.82. The Bertz CT molecular complexity index is 704. The van der Waals surface area contributed by atoms with Gasteiger partial charge in [-0.2, -0.15) is 0 Å². The molecule has 4 atom stereocenters. The Labute approximate surface area is 145 Å². The summed E-state index contributed by atoms with van der Waals surface area (Å²) in [7, 11) is 0. The summed E-state index contributed by atoms with van der Waals surface area (Å²) in [6.45, 7) is 0.663. The highest BCUT2D eigenvalue weighted by Gasteiger charge is 2.56. The molecule has 0 amide bonds. The molecular formula is C18H20ClN2O3-. The second-order valence-corrected chi connectivity index (χ2v) is 8.86. The number of aliphatic imine (C=N–C) groups is 1. The van der Waals surface area contributed by atoms with E-state index in [0.29, 0.717) is 18.4 Å². The van der Waals surface area contributed by atoms with Gasteiger partial charge >= 0.3 is 0 Å². The average Bonchev–Trinajstić information content (AvgIpc) is 2.46. The van der Waals surface area contributed by atoms with Gasteiger partial charge in [-0.1, -0.05) is 11.8 Å². The zero-order chi connectivity index (χ0) is 16.9. The molecule has 24 heavy (non-hydrogen) atoms. The van der Waals surface area contributed by atoms with Crippen LogP contribution in [0.4, 0.5) is 5.69 Å². The molecule has 0 N–H and O–H groups in total. The van der Waals surface area contributed by atoms with Crippen molar-refractivity contribution in [2.75, 3.05) is 6.54 Å². The van der Waals surface area contributed by atoms with E-state index in [1.54, 1.807) is 0 Å². The first-order valence-electron chi connectivity index (χ1n) is 8.51. The van der Waals surface area contributed by atoms with Crippen molar-refractivity contribution >= 4 is 23.5 Å². The fraction of sp³-hybridized carbons (Fsp3) is 0.611. The molecule has 0 aromatic heterocycles. The Kier molecular flexibility index (Phi) is 3.60. The van der Waals surface area contributed by atoms with Gasteiger partial charge < -0.3 is 5.11 Å². The number of rotatable bonds is 4. The summed E-state index contributed by atoms with van der Waals surface area (Å²) in [5, 5.41) is 22.7. The van der Waals surface area contributed by atoms with E-state index in [1.165, 1.54) is 43.7 Å². The third kappa shape index (κ3) is 2.79. The molecule has 0 saturated heterocycles. The van der Waals surface area contributed by atoms with Crippen LogP contribution in [0.25, 0.3) is 0 Å². The van der Waals surface area contributed by atoms with Crippen molar-refractivity contribution < 1.29 is 10.0 Å². The summed E-state index contributed by atoms with van der Waals surface area (Å²) in [6.07, 6.45) is 8.43. The SMILES string of the molecule is O=[N+]([O-])c1ccc([O-])c(C=NCC23C[C@@H]4C[C@@H](CC(Cl)(C4)C2)C3)c1. The monoisotopic (exact) mass is 347 g/mol. The maximum absolute atomic E-state index is 11.9. The smallest absolute Gasteiger partial charge is 0.270 e. The molecule has 4 aliphatic carbocycles. The van der Waals surface area contributed by atoms with E-state index < -0.39 is 4.92 Å². The van der Waals surface area contributed by atoms with Crippen LogP contribution in [0.15, 0.2) is 23.2 Å². The lowest BCUT2D eigenvalue weighted by Crippen LogP contribution is -2.54. The summed E-state index contributed by atoms with van der Waals surface area (Å²) in [5.74, 6) is 1.20. The van der Waals surface area contributed by atoms with Crippen LogP contribution in [0, 0.1) is 27.4 Å². The average molecular weight is 348 g/mol. The van der Waals surface area contributed by atoms with Crippen LogP contribution in [0.2, 0.25) is 0 Å². The van der Waals surface area contributed by atoms with Gasteiger partial charge in [-0.15, -0.1) is 11.6 Å². The second-order valence-electron chi connectivity index (χ2n) is 8.06. The number of nitro groups is 1. The van der Waals surface area contributed by atoms with Gasteiger partial charge in [0.15, 0.2) is 0 Å². The Morgan fingerprint density at radius 3 is 2.62 bits per heavy atom. The quantitative estimate of drug-likeness (QED) is 0.361. The normalized spacial score (nSPS) is 37.2. The second kappa shape index (κ2) is 5.45. The predicted molar refractivity (Wildman–Crippen MR) is 90.7 cm³/mol. The molecule has 5 rings (SSSR count). The van der Waals surface area contributed by atoms with Crippen molar-refractivity contribution in [1.29, 1.82) is 0 Å². The third-order valence-corrected chi connectivity index (χ3v) is 6.41. The van der Waals surface area contributed by atoms with E-state index in [9.17, 15) is 15.2 Å². The predicted octanol–water partition coefficient (Wildman–Crippen LogP) is 3.67. The highest BCUT2D eigenvalue weighted by molar-refractivity contribution is 6.24. The van der Waals surface area contributed by atoms with E-state index in [2.05, 4.69) is 4.99 Å². The largest absolute Gasteiger partial charge is 0.872 e. The molecule has 4 bridgehead atoms. The zero-order valence-electron chi connectivity index (χ0n) is 13.4. The lowest BCUT2D eigenvalue weighted by Gasteiger charge is -2.59. The zero-order valence-corrected chi connectivity index (χ0v) is 14.2. The standard InChI is InChI=1S/C18H21ClN2O3/c19-18-7-12-3-13(8-18)6-17(5-12,10-18)11-20-9-14-4-15(21(23)24)1-2-16(14)22/h1-2,4,9,12-13,22H,3,5-8,10-11H2/p-1/t12-,13+,17?,18?. The van der Waals surface area contributed by atoms with Crippen molar-refractivity contribution in [2.24, 2.45) is 22.2 Å². The van der Waals surface area contributed by atoms with Gasteiger partial charge in [-0.05, 0) is 61.3 Å². The van der Waals surface area contributed by atoms with Gasteiger partial charge in [0, 0.05) is 29.8 Å². The molecule has 4 saturated carbocycles. The fourth-order valence-electron chi connectivity index (χ4n) is 5.61. The number of halogens is 1. The molecule has 0 spiro atoms. The number of hydrogen-bond acceptors (Lipinski definition) is 4. The first kappa shape index (κ1) is 15.9. The summed E-state index contributed by atoms with van der Waals surface area (Å²) in [6, 6.07) is 3.77. The minimum atomic E-state index is -0.493. The van der Waals surface area contributed by atoms with Gasteiger partial charge in [0.05, 0.1) is 4.92 Å². The van der Waals surface area contributed by atoms with Gasteiger partial charge in [-0.3, -0.25) is 15.1 Å². The van der Waals surface area contributed by atoms with Gasteiger partial charge in [0.2, 0.25) is 0 Å². The van der Waals surface area contributed by atoms with E-state index in [0.717, 1.165) is 19.3 Å². The van der Waals surface area contributed by atoms with E-state index in [1.807, 2.05) is 0 Å². The highest BCUT2D eigenvalue weighted by Crippen LogP contribution is 2.63. The van der Waals surface area contributed by atoms with Crippen LogP contribution in [0.3, 0.4) is 0 Å². The Hall–Kier alpha value is -1.62. The van der Waals surface area contributed by atoms with Crippen LogP contribution in [-0.2, 0) is 0 Å². The molecule has 2 unspecified atom stereocenters. The molecule has 0 radical (unpaired) electrons. The Morgan fingerprint density at radius 1 is 1.29 bits per heavy atom. The lowest BCUT2D eigenvalue weighted by atomic mass is 9.49. The molecule has 1 aromatic carbocycles. The maximum atomic E-state index is 11.9. The van der Waals surface area contributed by atoms with Crippen LogP contribution < -0.4 is 5.11 Å². The molecule has 0 heterocycles. The number of nitrogens with zero attached hydrogens (tertiary/aromatic N) is 2. The van der Waals surface area contributed by atoms with Crippen LogP contribution in [0.5, 0.6) is 5.75 Å². The number of nitro benzene ring substituents is 1. The molecule has 4 fully saturated rings. The summed E-state index contributed by atoms with van der Waals surface area (Å²) in [4.78, 5) is 14.8. The fourth-order valence-corrected chi connectivity index (χ4v) is 6.33. The maximum Gasteiger partial charge on any atom is 0.270 e. The van der Waals surface area contributed by atoms with E-state index >= 15 is 0 Å². The number of alkyl halides is 1. The van der Waals surface area contributed by atoms with Crippen LogP contribution in [-0.4, -0.2) is 22.6 Å². The summed E-state index contributed by atoms with van der Waals surface area (Å²) in [5.41, 5.74) is 0.367. The third-order valence-electron chi connectivity index (χ3n) is 5.97.